The lowest BCUT2D eigenvalue weighted by atomic mass is 10.1. The van der Waals surface area contributed by atoms with Crippen molar-refractivity contribution in [2.24, 2.45) is 0 Å². The van der Waals surface area contributed by atoms with E-state index in [0.29, 0.717) is 11.3 Å². The number of benzene rings is 1. The van der Waals surface area contributed by atoms with Gasteiger partial charge in [0.2, 0.25) is 0 Å². The molecule has 0 saturated carbocycles. The third-order valence-electron chi connectivity index (χ3n) is 4.61. The van der Waals surface area contributed by atoms with Crippen molar-refractivity contribution in [3.8, 4) is 0 Å². The van der Waals surface area contributed by atoms with Gasteiger partial charge in [0.25, 0.3) is 11.8 Å². The second kappa shape index (κ2) is 8.13. The van der Waals surface area contributed by atoms with Gasteiger partial charge in [0.05, 0.1) is 0 Å². The number of anilines is 1. The van der Waals surface area contributed by atoms with Gasteiger partial charge in [-0.2, -0.15) is 0 Å². The van der Waals surface area contributed by atoms with Crippen LogP contribution in [0, 0.1) is 13.8 Å². The molecular formula is C21H25N3O2. The number of carbonyl (C=O) groups excluding carboxylic acids is 2. The van der Waals surface area contributed by atoms with Gasteiger partial charge < -0.3 is 10.2 Å². The maximum Gasteiger partial charge on any atom is 0.272 e. The zero-order chi connectivity index (χ0) is 18.5. The van der Waals surface area contributed by atoms with Gasteiger partial charge >= 0.3 is 0 Å². The molecule has 0 radical (unpaired) electrons. The van der Waals surface area contributed by atoms with Crippen LogP contribution in [0.25, 0.3) is 0 Å². The van der Waals surface area contributed by atoms with E-state index in [1.165, 1.54) is 6.20 Å². The summed E-state index contributed by atoms with van der Waals surface area (Å²) in [5.74, 6) is -0.324. The SMILES string of the molecule is Cc1cc(C)cc(NC(=O)c2ccnc(C(=O)N3CCCCCC3)c2)c1. The first kappa shape index (κ1) is 18.1. The summed E-state index contributed by atoms with van der Waals surface area (Å²) in [6.07, 6.45) is 5.91. The highest BCUT2D eigenvalue weighted by Gasteiger charge is 2.19. The normalized spacial score (nSPS) is 14.6. The molecule has 0 bridgehead atoms. The van der Waals surface area contributed by atoms with Crippen molar-refractivity contribution >= 4 is 17.5 Å². The van der Waals surface area contributed by atoms with Crippen LogP contribution in [0.15, 0.2) is 36.5 Å². The summed E-state index contributed by atoms with van der Waals surface area (Å²) in [6, 6.07) is 9.13. The molecule has 2 heterocycles. The first-order chi connectivity index (χ1) is 12.5. The largest absolute Gasteiger partial charge is 0.337 e. The van der Waals surface area contributed by atoms with Crippen LogP contribution in [0.3, 0.4) is 0 Å². The number of pyridine rings is 1. The molecule has 0 spiro atoms. The van der Waals surface area contributed by atoms with Gasteiger partial charge in [0.1, 0.15) is 5.69 Å². The summed E-state index contributed by atoms with van der Waals surface area (Å²) >= 11 is 0. The van der Waals surface area contributed by atoms with Crippen LogP contribution in [-0.4, -0.2) is 34.8 Å². The third-order valence-corrected chi connectivity index (χ3v) is 4.61. The number of nitrogens with zero attached hydrogens (tertiary/aromatic N) is 2. The van der Waals surface area contributed by atoms with E-state index in [1.54, 1.807) is 12.1 Å². The molecule has 1 fully saturated rings. The number of nitrogens with one attached hydrogen (secondary N) is 1. The van der Waals surface area contributed by atoms with Crippen molar-refractivity contribution in [1.82, 2.24) is 9.88 Å². The third kappa shape index (κ3) is 4.48. The Hall–Kier alpha value is -2.69. The average molecular weight is 351 g/mol. The van der Waals surface area contributed by atoms with Gasteiger partial charge in [-0.05, 0) is 62.1 Å². The second-order valence-corrected chi connectivity index (χ2v) is 6.97. The van der Waals surface area contributed by atoms with Crippen molar-refractivity contribution in [1.29, 1.82) is 0 Å². The highest BCUT2D eigenvalue weighted by atomic mass is 16.2. The van der Waals surface area contributed by atoms with E-state index in [0.717, 1.165) is 55.6 Å². The fourth-order valence-corrected chi connectivity index (χ4v) is 3.37. The Balaban J connectivity index is 1.75. The highest BCUT2D eigenvalue weighted by molar-refractivity contribution is 6.05. The maximum absolute atomic E-state index is 12.7. The minimum atomic E-state index is -0.234. The van der Waals surface area contributed by atoms with Crippen LogP contribution in [-0.2, 0) is 0 Å². The zero-order valence-corrected chi connectivity index (χ0v) is 15.4. The van der Waals surface area contributed by atoms with Crippen LogP contribution in [0.4, 0.5) is 5.69 Å². The average Bonchev–Trinajstić information content (AvgIpc) is 2.89. The Labute approximate surface area is 154 Å². The monoisotopic (exact) mass is 351 g/mol. The Morgan fingerprint density at radius 2 is 1.62 bits per heavy atom. The highest BCUT2D eigenvalue weighted by Crippen LogP contribution is 2.16. The molecule has 1 aliphatic heterocycles. The fourth-order valence-electron chi connectivity index (χ4n) is 3.37. The molecule has 0 unspecified atom stereocenters. The number of amides is 2. The number of hydrogen-bond donors (Lipinski definition) is 1. The molecule has 5 nitrogen and oxygen atoms in total. The molecule has 1 aromatic carbocycles. The standard InChI is InChI=1S/C21H25N3O2/c1-15-11-16(2)13-18(12-15)23-20(25)17-7-8-22-19(14-17)21(26)24-9-5-3-4-6-10-24/h7-8,11-14H,3-6,9-10H2,1-2H3,(H,23,25). The minimum Gasteiger partial charge on any atom is -0.337 e. The predicted molar refractivity (Wildman–Crippen MR) is 102 cm³/mol. The summed E-state index contributed by atoms with van der Waals surface area (Å²) < 4.78 is 0. The van der Waals surface area contributed by atoms with E-state index < -0.39 is 0 Å². The van der Waals surface area contributed by atoms with Gasteiger partial charge in [-0.15, -0.1) is 0 Å². The lowest BCUT2D eigenvalue weighted by Crippen LogP contribution is -2.32. The van der Waals surface area contributed by atoms with Crippen molar-refractivity contribution in [3.63, 3.8) is 0 Å². The number of hydrogen-bond acceptors (Lipinski definition) is 3. The van der Waals surface area contributed by atoms with E-state index in [-0.39, 0.29) is 11.8 Å². The van der Waals surface area contributed by atoms with Crippen LogP contribution in [0.1, 0.15) is 57.7 Å². The molecule has 1 aromatic heterocycles. The van der Waals surface area contributed by atoms with Gasteiger partial charge in [-0.25, -0.2) is 0 Å². The van der Waals surface area contributed by atoms with Gasteiger partial charge in [0, 0.05) is 30.5 Å². The summed E-state index contributed by atoms with van der Waals surface area (Å²) in [5, 5.41) is 2.90. The van der Waals surface area contributed by atoms with Crippen LogP contribution in [0.2, 0.25) is 0 Å². The second-order valence-electron chi connectivity index (χ2n) is 6.97. The number of aromatic nitrogens is 1. The summed E-state index contributed by atoms with van der Waals surface area (Å²) in [7, 11) is 0. The molecule has 0 aliphatic carbocycles. The minimum absolute atomic E-state index is 0.0899. The quantitative estimate of drug-likeness (QED) is 0.910. The first-order valence-electron chi connectivity index (χ1n) is 9.18. The van der Waals surface area contributed by atoms with E-state index in [4.69, 9.17) is 0 Å². The summed E-state index contributed by atoms with van der Waals surface area (Å²) in [6.45, 7) is 5.51. The Bertz CT molecular complexity index is 788. The van der Waals surface area contributed by atoms with Crippen molar-refractivity contribution in [2.75, 3.05) is 18.4 Å². The molecule has 5 heteroatoms. The topological polar surface area (TPSA) is 62.3 Å². The van der Waals surface area contributed by atoms with E-state index in [2.05, 4.69) is 16.4 Å². The zero-order valence-electron chi connectivity index (χ0n) is 15.4. The van der Waals surface area contributed by atoms with Gasteiger partial charge in [0.15, 0.2) is 0 Å². The van der Waals surface area contributed by atoms with Crippen molar-refractivity contribution in [2.45, 2.75) is 39.5 Å². The van der Waals surface area contributed by atoms with E-state index >= 15 is 0 Å². The number of carbonyl (C=O) groups is 2. The van der Waals surface area contributed by atoms with Gasteiger partial charge in [-0.3, -0.25) is 14.6 Å². The van der Waals surface area contributed by atoms with E-state index in [9.17, 15) is 9.59 Å². The Morgan fingerprint density at radius 1 is 0.962 bits per heavy atom. The molecule has 2 amide bonds. The Morgan fingerprint density at radius 3 is 2.27 bits per heavy atom. The maximum atomic E-state index is 12.7. The molecule has 3 rings (SSSR count). The molecule has 26 heavy (non-hydrogen) atoms. The number of rotatable bonds is 3. The van der Waals surface area contributed by atoms with Crippen molar-refractivity contribution < 1.29 is 9.59 Å². The first-order valence-corrected chi connectivity index (χ1v) is 9.18. The summed E-state index contributed by atoms with van der Waals surface area (Å²) in [4.78, 5) is 31.3. The molecular weight excluding hydrogens is 326 g/mol. The number of aryl methyl sites for hydroxylation is 2. The lowest BCUT2D eigenvalue weighted by molar-refractivity contribution is 0.0755. The molecule has 2 aromatic rings. The van der Waals surface area contributed by atoms with Crippen LogP contribution >= 0.6 is 0 Å². The molecule has 136 valence electrons. The molecule has 0 atom stereocenters. The fraction of sp³-hybridized carbons (Fsp3) is 0.381. The smallest absolute Gasteiger partial charge is 0.272 e. The Kier molecular flexibility index (Phi) is 5.66. The van der Waals surface area contributed by atoms with E-state index in [1.807, 2.05) is 30.9 Å². The van der Waals surface area contributed by atoms with Gasteiger partial charge in [-0.1, -0.05) is 18.9 Å². The lowest BCUT2D eigenvalue weighted by Gasteiger charge is -2.19. The molecule has 1 N–H and O–H groups in total. The number of likely N-dealkylation sites (tertiary alicyclic amines) is 1. The van der Waals surface area contributed by atoms with Crippen molar-refractivity contribution in [3.05, 3.63) is 58.9 Å². The molecule has 1 aliphatic rings. The molecule has 1 saturated heterocycles. The van der Waals surface area contributed by atoms with Crippen LogP contribution < -0.4 is 5.32 Å². The predicted octanol–water partition coefficient (Wildman–Crippen LogP) is 3.97. The summed E-state index contributed by atoms with van der Waals surface area (Å²) in [5.41, 5.74) is 3.71. The van der Waals surface area contributed by atoms with Crippen LogP contribution in [0.5, 0.6) is 0 Å².